The summed E-state index contributed by atoms with van der Waals surface area (Å²) in [5, 5.41) is 3.07. The second-order valence-corrected chi connectivity index (χ2v) is 6.33. The molecule has 4 atom stereocenters. The Morgan fingerprint density at radius 2 is 2.00 bits per heavy atom. The van der Waals surface area contributed by atoms with Crippen LogP contribution in [0.2, 0.25) is 0 Å². The van der Waals surface area contributed by atoms with Gasteiger partial charge in [0, 0.05) is 12.6 Å². The third kappa shape index (κ3) is 2.91. The normalized spacial score (nSPS) is 30.4. The molecule has 2 aliphatic carbocycles. The maximum Gasteiger partial charge on any atom is 0.224 e. The van der Waals surface area contributed by atoms with E-state index in [0.29, 0.717) is 18.4 Å². The van der Waals surface area contributed by atoms with Crippen LogP contribution in [-0.4, -0.2) is 25.6 Å². The molecule has 4 unspecified atom stereocenters. The van der Waals surface area contributed by atoms with Gasteiger partial charge in [-0.25, -0.2) is 0 Å². The highest BCUT2D eigenvalue weighted by atomic mass is 16.5. The summed E-state index contributed by atoms with van der Waals surface area (Å²) >= 11 is 0. The Morgan fingerprint density at radius 3 is 2.62 bits per heavy atom. The molecule has 4 heteroatoms. The Morgan fingerprint density at radius 1 is 1.29 bits per heavy atom. The summed E-state index contributed by atoms with van der Waals surface area (Å²) in [7, 11) is 1.66. The molecule has 3 N–H and O–H groups in total. The van der Waals surface area contributed by atoms with Crippen LogP contribution in [0.3, 0.4) is 0 Å². The van der Waals surface area contributed by atoms with Crippen LogP contribution < -0.4 is 15.8 Å². The lowest BCUT2D eigenvalue weighted by molar-refractivity contribution is -0.127. The van der Waals surface area contributed by atoms with Gasteiger partial charge in [0.25, 0.3) is 0 Å². The van der Waals surface area contributed by atoms with Crippen molar-refractivity contribution in [2.75, 3.05) is 13.7 Å². The molecule has 0 spiro atoms. The third-order valence-corrected chi connectivity index (χ3v) is 5.16. The molecular weight excluding hydrogens is 264 g/mol. The first-order valence-electron chi connectivity index (χ1n) is 7.85. The summed E-state index contributed by atoms with van der Waals surface area (Å²) in [4.78, 5) is 12.3. The molecule has 3 rings (SSSR count). The van der Waals surface area contributed by atoms with E-state index in [-0.39, 0.29) is 17.9 Å². The second kappa shape index (κ2) is 6.06. The zero-order chi connectivity index (χ0) is 14.8. The number of ether oxygens (including phenoxy) is 1. The van der Waals surface area contributed by atoms with Gasteiger partial charge in [-0.1, -0.05) is 12.1 Å². The van der Waals surface area contributed by atoms with Crippen molar-refractivity contribution in [2.24, 2.45) is 23.5 Å². The maximum atomic E-state index is 12.3. The number of fused-ring (bicyclic) bond motifs is 2. The van der Waals surface area contributed by atoms with Gasteiger partial charge in [0.2, 0.25) is 5.91 Å². The third-order valence-electron chi connectivity index (χ3n) is 5.16. The van der Waals surface area contributed by atoms with Crippen LogP contribution in [0.5, 0.6) is 5.75 Å². The zero-order valence-electron chi connectivity index (χ0n) is 12.5. The lowest BCUT2D eigenvalue weighted by atomic mass is 9.84. The Hall–Kier alpha value is -1.55. The number of hydrogen-bond acceptors (Lipinski definition) is 3. The molecule has 1 aromatic carbocycles. The minimum Gasteiger partial charge on any atom is -0.497 e. The van der Waals surface area contributed by atoms with Gasteiger partial charge >= 0.3 is 0 Å². The van der Waals surface area contributed by atoms with Crippen molar-refractivity contribution in [2.45, 2.75) is 31.7 Å². The molecule has 2 aliphatic rings. The molecule has 2 saturated carbocycles. The van der Waals surface area contributed by atoms with Crippen molar-refractivity contribution in [1.82, 2.24) is 5.32 Å². The molecule has 2 fully saturated rings. The summed E-state index contributed by atoms with van der Waals surface area (Å²) in [6.45, 7) is 0.672. The van der Waals surface area contributed by atoms with Crippen LogP contribution in [0.4, 0.5) is 0 Å². The molecule has 0 heterocycles. The second-order valence-electron chi connectivity index (χ2n) is 6.33. The van der Waals surface area contributed by atoms with Crippen LogP contribution in [0.15, 0.2) is 24.3 Å². The Balaban J connectivity index is 1.47. The quantitative estimate of drug-likeness (QED) is 0.867. The molecule has 0 aliphatic heterocycles. The van der Waals surface area contributed by atoms with Gasteiger partial charge in [0.1, 0.15) is 5.75 Å². The number of nitrogens with one attached hydrogen (secondary N) is 1. The van der Waals surface area contributed by atoms with Crippen LogP contribution in [-0.2, 0) is 11.2 Å². The minimum absolute atomic E-state index is 0.0413. The topological polar surface area (TPSA) is 64.3 Å². The number of amides is 1. The van der Waals surface area contributed by atoms with Crippen molar-refractivity contribution >= 4 is 5.91 Å². The molecular formula is C17H24N2O2. The molecule has 0 aromatic heterocycles. The highest BCUT2D eigenvalue weighted by Gasteiger charge is 2.48. The van der Waals surface area contributed by atoms with Gasteiger partial charge in [-0.2, -0.15) is 0 Å². The number of carbonyl (C=O) groups is 1. The number of carbonyl (C=O) groups excluding carboxylic acids is 1. The summed E-state index contributed by atoms with van der Waals surface area (Å²) in [6, 6.07) is 8.04. The van der Waals surface area contributed by atoms with E-state index in [1.54, 1.807) is 7.11 Å². The smallest absolute Gasteiger partial charge is 0.224 e. The SMILES string of the molecule is COc1ccc(CCNC(=O)C2C3CCC(C3)C2N)cc1. The van der Waals surface area contributed by atoms with Gasteiger partial charge in [0.05, 0.1) is 13.0 Å². The van der Waals surface area contributed by atoms with Crippen molar-refractivity contribution in [3.8, 4) is 5.75 Å². The Labute approximate surface area is 126 Å². The van der Waals surface area contributed by atoms with E-state index < -0.39 is 0 Å². The standard InChI is InChI=1S/C17H24N2O2/c1-21-14-6-2-11(3-7-14)8-9-19-17(20)15-12-4-5-13(10-12)16(15)18/h2-3,6-7,12-13,15-16H,4-5,8-10,18H2,1H3,(H,19,20). The maximum absolute atomic E-state index is 12.3. The highest BCUT2D eigenvalue weighted by molar-refractivity contribution is 5.80. The molecule has 0 radical (unpaired) electrons. The van der Waals surface area contributed by atoms with Crippen molar-refractivity contribution in [3.63, 3.8) is 0 Å². The first kappa shape index (κ1) is 14.4. The lowest BCUT2D eigenvalue weighted by Crippen LogP contribution is -2.45. The van der Waals surface area contributed by atoms with Gasteiger partial charge < -0.3 is 15.8 Å². The van der Waals surface area contributed by atoms with Crippen LogP contribution >= 0.6 is 0 Å². The molecule has 21 heavy (non-hydrogen) atoms. The van der Waals surface area contributed by atoms with Gasteiger partial charge in [-0.3, -0.25) is 4.79 Å². The van der Waals surface area contributed by atoms with Crippen molar-refractivity contribution < 1.29 is 9.53 Å². The van der Waals surface area contributed by atoms with Crippen LogP contribution in [0, 0.1) is 17.8 Å². The largest absolute Gasteiger partial charge is 0.497 e. The van der Waals surface area contributed by atoms with Gasteiger partial charge in [-0.15, -0.1) is 0 Å². The number of benzene rings is 1. The highest BCUT2D eigenvalue weighted by Crippen LogP contribution is 2.47. The van der Waals surface area contributed by atoms with E-state index >= 15 is 0 Å². The first-order chi connectivity index (χ1) is 10.2. The van der Waals surface area contributed by atoms with E-state index in [9.17, 15) is 4.79 Å². The van der Waals surface area contributed by atoms with E-state index in [1.807, 2.05) is 24.3 Å². The summed E-state index contributed by atoms with van der Waals surface area (Å²) < 4.78 is 5.14. The molecule has 2 bridgehead atoms. The molecule has 114 valence electrons. The van der Waals surface area contributed by atoms with Crippen molar-refractivity contribution in [3.05, 3.63) is 29.8 Å². The van der Waals surface area contributed by atoms with E-state index in [4.69, 9.17) is 10.5 Å². The summed E-state index contributed by atoms with van der Waals surface area (Å²) in [5.41, 5.74) is 7.41. The number of nitrogens with two attached hydrogens (primary N) is 1. The zero-order valence-corrected chi connectivity index (χ0v) is 12.5. The average Bonchev–Trinajstić information content (AvgIpc) is 3.08. The summed E-state index contributed by atoms with van der Waals surface area (Å²) in [6.07, 6.45) is 4.37. The van der Waals surface area contributed by atoms with E-state index in [1.165, 1.54) is 18.4 Å². The molecule has 0 saturated heterocycles. The van der Waals surface area contributed by atoms with Gasteiger partial charge in [-0.05, 0) is 55.2 Å². The van der Waals surface area contributed by atoms with Crippen molar-refractivity contribution in [1.29, 1.82) is 0 Å². The fourth-order valence-corrected chi connectivity index (χ4v) is 3.96. The van der Waals surface area contributed by atoms with Gasteiger partial charge in [0.15, 0.2) is 0 Å². The number of methoxy groups -OCH3 is 1. The molecule has 1 amide bonds. The Kier molecular flexibility index (Phi) is 4.15. The minimum atomic E-state index is 0.0413. The van der Waals surface area contributed by atoms with Crippen LogP contribution in [0.25, 0.3) is 0 Å². The predicted molar refractivity (Wildman–Crippen MR) is 82.0 cm³/mol. The predicted octanol–water partition coefficient (Wildman–Crippen LogP) is 1.73. The van der Waals surface area contributed by atoms with Crippen LogP contribution in [0.1, 0.15) is 24.8 Å². The van der Waals surface area contributed by atoms with E-state index in [2.05, 4.69) is 5.32 Å². The fraction of sp³-hybridized carbons (Fsp3) is 0.588. The summed E-state index contributed by atoms with van der Waals surface area (Å²) in [5.74, 6) is 2.15. The fourth-order valence-electron chi connectivity index (χ4n) is 3.96. The molecule has 4 nitrogen and oxygen atoms in total. The van der Waals surface area contributed by atoms with E-state index in [0.717, 1.165) is 18.6 Å². The average molecular weight is 288 g/mol. The Bertz CT molecular complexity index is 498. The number of hydrogen-bond donors (Lipinski definition) is 2. The number of rotatable bonds is 5. The molecule has 1 aromatic rings. The monoisotopic (exact) mass is 288 g/mol. The first-order valence-corrected chi connectivity index (χ1v) is 7.85. The lowest BCUT2D eigenvalue weighted by Gasteiger charge is -2.27.